The first-order valence-corrected chi connectivity index (χ1v) is 9.78. The lowest BCUT2D eigenvalue weighted by atomic mass is 10.2. The van der Waals surface area contributed by atoms with Crippen molar-refractivity contribution in [2.75, 3.05) is 25.1 Å². The first-order valence-electron chi connectivity index (χ1n) is 9.78. The number of hydrogen-bond acceptors (Lipinski definition) is 5. The summed E-state index contributed by atoms with van der Waals surface area (Å²) in [7, 11) is 2.02. The Morgan fingerprint density at radius 1 is 0.967 bits per heavy atom. The molecule has 5 nitrogen and oxygen atoms in total. The molecule has 0 amide bonds. The standard InChI is InChI=1S/C25H22N4O/c1-3-7-19-11-13-21(14-12-19)30-17-16-29(2)25-22-9-4-5-10-23(22)27-24(28-25)20-8-6-15-26-18-20/h4-6,8-15,18H,16-17H2,1-2H3. The highest BCUT2D eigenvalue weighted by Crippen LogP contribution is 2.26. The van der Waals surface area contributed by atoms with Gasteiger partial charge in [-0.1, -0.05) is 18.1 Å². The Morgan fingerprint density at radius 3 is 2.57 bits per heavy atom. The summed E-state index contributed by atoms with van der Waals surface area (Å²) in [6, 6.07) is 19.7. The maximum absolute atomic E-state index is 5.91. The van der Waals surface area contributed by atoms with Crippen molar-refractivity contribution in [2.45, 2.75) is 6.92 Å². The Bertz CT molecular complexity index is 1190. The highest BCUT2D eigenvalue weighted by molar-refractivity contribution is 5.90. The number of aromatic nitrogens is 3. The van der Waals surface area contributed by atoms with E-state index in [1.165, 1.54) is 0 Å². The number of hydrogen-bond donors (Lipinski definition) is 0. The minimum Gasteiger partial charge on any atom is -0.492 e. The number of nitrogens with zero attached hydrogens (tertiary/aromatic N) is 4. The van der Waals surface area contributed by atoms with E-state index in [-0.39, 0.29) is 0 Å². The summed E-state index contributed by atoms with van der Waals surface area (Å²) in [4.78, 5) is 15.8. The summed E-state index contributed by atoms with van der Waals surface area (Å²) in [6.07, 6.45) is 3.53. The molecule has 4 aromatic rings. The fourth-order valence-electron chi connectivity index (χ4n) is 3.16. The van der Waals surface area contributed by atoms with Crippen LogP contribution in [0.25, 0.3) is 22.3 Å². The van der Waals surface area contributed by atoms with Gasteiger partial charge in [0.05, 0.1) is 12.1 Å². The SMILES string of the molecule is CC#Cc1ccc(OCCN(C)c2nc(-c3cccnc3)nc3ccccc23)cc1. The second kappa shape index (κ2) is 9.06. The van der Waals surface area contributed by atoms with Crippen molar-refractivity contribution in [1.82, 2.24) is 15.0 Å². The number of likely N-dealkylation sites (N-methyl/N-ethyl adjacent to an activating group) is 1. The molecule has 0 atom stereocenters. The van der Waals surface area contributed by atoms with Gasteiger partial charge in [-0.15, -0.1) is 5.92 Å². The molecule has 0 fully saturated rings. The molecule has 0 saturated heterocycles. The number of anilines is 1. The van der Waals surface area contributed by atoms with Gasteiger partial charge < -0.3 is 9.64 Å². The highest BCUT2D eigenvalue weighted by Gasteiger charge is 2.13. The molecule has 2 aromatic heterocycles. The Labute approximate surface area is 176 Å². The molecule has 0 radical (unpaired) electrons. The monoisotopic (exact) mass is 394 g/mol. The molecule has 4 rings (SSSR count). The number of ether oxygens (including phenoxy) is 1. The van der Waals surface area contributed by atoms with Crippen LogP contribution in [0.2, 0.25) is 0 Å². The highest BCUT2D eigenvalue weighted by atomic mass is 16.5. The lowest BCUT2D eigenvalue weighted by Crippen LogP contribution is -2.25. The minimum absolute atomic E-state index is 0.538. The molecule has 5 heteroatoms. The van der Waals surface area contributed by atoms with Gasteiger partial charge >= 0.3 is 0 Å². The molecule has 0 saturated carbocycles. The lowest BCUT2D eigenvalue weighted by Gasteiger charge is -2.21. The van der Waals surface area contributed by atoms with Gasteiger partial charge in [-0.2, -0.15) is 0 Å². The van der Waals surface area contributed by atoms with E-state index in [1.54, 1.807) is 12.4 Å². The number of para-hydroxylation sites is 1. The second-order valence-electron chi connectivity index (χ2n) is 6.80. The molecule has 0 bridgehead atoms. The predicted molar refractivity (Wildman–Crippen MR) is 121 cm³/mol. The summed E-state index contributed by atoms with van der Waals surface area (Å²) in [5.41, 5.74) is 2.78. The van der Waals surface area contributed by atoms with Crippen LogP contribution in [0, 0.1) is 11.8 Å². The molecule has 2 aromatic carbocycles. The number of pyridine rings is 1. The van der Waals surface area contributed by atoms with Gasteiger partial charge in [0.25, 0.3) is 0 Å². The molecule has 0 aliphatic carbocycles. The molecular formula is C25H22N4O. The Kier molecular flexibility index (Phi) is 5.86. The summed E-state index contributed by atoms with van der Waals surface area (Å²) in [5.74, 6) is 8.29. The molecule has 0 unspecified atom stereocenters. The Hall–Kier alpha value is -3.91. The van der Waals surface area contributed by atoms with E-state index in [0.29, 0.717) is 19.0 Å². The van der Waals surface area contributed by atoms with E-state index in [4.69, 9.17) is 14.7 Å². The number of rotatable bonds is 6. The topological polar surface area (TPSA) is 51.1 Å². The summed E-state index contributed by atoms with van der Waals surface area (Å²) >= 11 is 0. The van der Waals surface area contributed by atoms with Gasteiger partial charge in [0.1, 0.15) is 18.2 Å². The van der Waals surface area contributed by atoms with E-state index >= 15 is 0 Å². The zero-order valence-electron chi connectivity index (χ0n) is 17.0. The molecular weight excluding hydrogens is 372 g/mol. The quantitative estimate of drug-likeness (QED) is 0.448. The van der Waals surface area contributed by atoms with Crippen LogP contribution >= 0.6 is 0 Å². The Balaban J connectivity index is 1.53. The van der Waals surface area contributed by atoms with Gasteiger partial charge in [-0.25, -0.2) is 9.97 Å². The Morgan fingerprint density at radius 2 is 1.80 bits per heavy atom. The lowest BCUT2D eigenvalue weighted by molar-refractivity contribution is 0.326. The van der Waals surface area contributed by atoms with Crippen LogP contribution in [0.4, 0.5) is 5.82 Å². The first kappa shape index (κ1) is 19.4. The molecule has 0 N–H and O–H groups in total. The summed E-state index contributed by atoms with van der Waals surface area (Å²) in [5, 5.41) is 1.01. The van der Waals surface area contributed by atoms with Crippen LogP contribution < -0.4 is 9.64 Å². The smallest absolute Gasteiger partial charge is 0.163 e. The summed E-state index contributed by atoms with van der Waals surface area (Å²) < 4.78 is 5.91. The van der Waals surface area contributed by atoms with Crippen molar-refractivity contribution < 1.29 is 4.74 Å². The van der Waals surface area contributed by atoms with Crippen LogP contribution in [0.15, 0.2) is 73.1 Å². The third kappa shape index (κ3) is 4.39. The van der Waals surface area contributed by atoms with E-state index in [2.05, 4.69) is 21.7 Å². The predicted octanol–water partition coefficient (Wildman–Crippen LogP) is 4.58. The molecule has 0 spiro atoms. The van der Waals surface area contributed by atoms with E-state index in [0.717, 1.165) is 33.6 Å². The van der Waals surface area contributed by atoms with E-state index in [1.807, 2.05) is 74.6 Å². The average Bonchev–Trinajstić information content (AvgIpc) is 2.80. The fourth-order valence-corrected chi connectivity index (χ4v) is 3.16. The number of fused-ring (bicyclic) bond motifs is 1. The molecule has 0 aliphatic rings. The van der Waals surface area contributed by atoms with Crippen LogP contribution in [0.3, 0.4) is 0 Å². The minimum atomic E-state index is 0.538. The normalized spacial score (nSPS) is 10.3. The zero-order valence-corrected chi connectivity index (χ0v) is 17.0. The van der Waals surface area contributed by atoms with Crippen LogP contribution in [-0.2, 0) is 0 Å². The van der Waals surface area contributed by atoms with Crippen molar-refractivity contribution >= 4 is 16.7 Å². The molecule has 30 heavy (non-hydrogen) atoms. The van der Waals surface area contributed by atoms with Crippen molar-refractivity contribution in [3.8, 4) is 29.0 Å². The van der Waals surface area contributed by atoms with Crippen LogP contribution in [-0.4, -0.2) is 35.2 Å². The van der Waals surface area contributed by atoms with Crippen LogP contribution in [0.1, 0.15) is 12.5 Å². The van der Waals surface area contributed by atoms with Crippen molar-refractivity contribution in [3.63, 3.8) is 0 Å². The zero-order chi connectivity index (χ0) is 20.8. The molecule has 148 valence electrons. The molecule has 0 aliphatic heterocycles. The third-order valence-corrected chi connectivity index (χ3v) is 4.68. The second-order valence-corrected chi connectivity index (χ2v) is 6.80. The van der Waals surface area contributed by atoms with Gasteiger partial charge in [-0.3, -0.25) is 4.98 Å². The van der Waals surface area contributed by atoms with E-state index in [9.17, 15) is 0 Å². The largest absolute Gasteiger partial charge is 0.492 e. The first-order chi connectivity index (χ1) is 14.7. The summed E-state index contributed by atoms with van der Waals surface area (Å²) in [6.45, 7) is 3.05. The van der Waals surface area contributed by atoms with E-state index < -0.39 is 0 Å². The maximum atomic E-state index is 5.91. The van der Waals surface area contributed by atoms with Crippen molar-refractivity contribution in [1.29, 1.82) is 0 Å². The third-order valence-electron chi connectivity index (χ3n) is 4.68. The maximum Gasteiger partial charge on any atom is 0.163 e. The average molecular weight is 394 g/mol. The van der Waals surface area contributed by atoms with Gasteiger partial charge in [-0.05, 0) is 55.5 Å². The van der Waals surface area contributed by atoms with Crippen molar-refractivity contribution in [2.24, 2.45) is 0 Å². The fraction of sp³-hybridized carbons (Fsp3) is 0.160. The molecule has 2 heterocycles. The number of benzene rings is 2. The van der Waals surface area contributed by atoms with Crippen molar-refractivity contribution in [3.05, 3.63) is 78.6 Å². The van der Waals surface area contributed by atoms with Crippen LogP contribution in [0.5, 0.6) is 5.75 Å². The van der Waals surface area contributed by atoms with Gasteiger partial charge in [0, 0.05) is 36.0 Å². The van der Waals surface area contributed by atoms with Gasteiger partial charge in [0.15, 0.2) is 5.82 Å². The van der Waals surface area contributed by atoms with Gasteiger partial charge in [0.2, 0.25) is 0 Å².